The monoisotopic (exact) mass is 277 g/mol. The molecule has 0 amide bonds. The van der Waals surface area contributed by atoms with Crippen molar-refractivity contribution in [1.29, 1.82) is 0 Å². The number of halogens is 3. The molecular weight excluding hydrogens is 259 g/mol. The van der Waals surface area contributed by atoms with Crippen LogP contribution < -0.4 is 10.5 Å². The van der Waals surface area contributed by atoms with Crippen LogP contribution in [0.1, 0.15) is 19.3 Å². The van der Waals surface area contributed by atoms with Crippen LogP contribution in [0.2, 0.25) is 0 Å². The van der Waals surface area contributed by atoms with E-state index in [0.29, 0.717) is 13.0 Å². The van der Waals surface area contributed by atoms with Crippen molar-refractivity contribution in [2.45, 2.75) is 25.4 Å². The van der Waals surface area contributed by atoms with Gasteiger partial charge in [-0.15, -0.1) is 0 Å². The Morgan fingerprint density at radius 1 is 1.24 bits per heavy atom. The van der Waals surface area contributed by atoms with E-state index in [0.717, 1.165) is 17.1 Å². The number of rotatable bonds is 8. The van der Waals surface area contributed by atoms with Crippen LogP contribution in [0.3, 0.4) is 0 Å². The van der Waals surface area contributed by atoms with Crippen molar-refractivity contribution < 1.29 is 21.6 Å². The van der Waals surface area contributed by atoms with Gasteiger partial charge in [0.15, 0.2) is 0 Å². The van der Waals surface area contributed by atoms with Crippen molar-refractivity contribution in [1.82, 2.24) is 9.03 Å². The molecule has 104 valence electrons. The van der Waals surface area contributed by atoms with Crippen LogP contribution in [0.4, 0.5) is 13.2 Å². The third kappa shape index (κ3) is 8.36. The lowest BCUT2D eigenvalue weighted by atomic mass is 10.2. The van der Waals surface area contributed by atoms with Gasteiger partial charge in [0.2, 0.25) is 0 Å². The first kappa shape index (κ1) is 16.6. The Labute approximate surface area is 99.3 Å². The van der Waals surface area contributed by atoms with Crippen LogP contribution in [0.15, 0.2) is 0 Å². The van der Waals surface area contributed by atoms with Gasteiger partial charge in [-0.25, -0.2) is 0 Å². The number of alkyl halides is 3. The topological polar surface area (TPSA) is 75.4 Å². The average Bonchev–Trinajstić information content (AvgIpc) is 2.20. The first-order valence-electron chi connectivity index (χ1n) is 5.17. The fraction of sp³-hybridized carbons (Fsp3) is 1.00. The molecule has 0 aliphatic rings. The second-order valence-electron chi connectivity index (χ2n) is 3.61. The summed E-state index contributed by atoms with van der Waals surface area (Å²) in [7, 11) is -2.81. The van der Waals surface area contributed by atoms with Gasteiger partial charge in [0.25, 0.3) is 10.2 Å². The van der Waals surface area contributed by atoms with Gasteiger partial charge in [-0.1, -0.05) is 6.42 Å². The van der Waals surface area contributed by atoms with E-state index in [1.54, 1.807) is 0 Å². The lowest BCUT2D eigenvalue weighted by Crippen LogP contribution is -2.42. The molecule has 0 rings (SSSR count). The zero-order chi connectivity index (χ0) is 13.5. The maximum atomic E-state index is 11.8. The van der Waals surface area contributed by atoms with Crippen LogP contribution in [-0.4, -0.2) is 45.6 Å². The Morgan fingerprint density at radius 3 is 2.29 bits per heavy atom. The SMILES string of the molecule is CN(CCCCCN)S(=O)(=O)NCC(F)(F)F. The first-order chi connectivity index (χ1) is 7.69. The molecule has 0 aliphatic heterocycles. The zero-order valence-corrected chi connectivity index (χ0v) is 10.4. The van der Waals surface area contributed by atoms with Crippen molar-refractivity contribution in [2.75, 3.05) is 26.7 Å². The highest BCUT2D eigenvalue weighted by Gasteiger charge is 2.30. The number of nitrogens with two attached hydrogens (primary N) is 1. The molecule has 3 N–H and O–H groups in total. The number of nitrogens with one attached hydrogen (secondary N) is 1. The highest BCUT2D eigenvalue weighted by molar-refractivity contribution is 7.87. The minimum absolute atomic E-state index is 0.174. The minimum Gasteiger partial charge on any atom is -0.330 e. The van der Waals surface area contributed by atoms with Crippen LogP contribution in [0.25, 0.3) is 0 Å². The molecule has 0 spiro atoms. The van der Waals surface area contributed by atoms with E-state index in [-0.39, 0.29) is 6.54 Å². The van der Waals surface area contributed by atoms with E-state index in [4.69, 9.17) is 5.73 Å². The average molecular weight is 277 g/mol. The van der Waals surface area contributed by atoms with Gasteiger partial charge < -0.3 is 5.73 Å². The van der Waals surface area contributed by atoms with Crippen molar-refractivity contribution in [3.05, 3.63) is 0 Å². The normalized spacial score (nSPS) is 13.3. The molecule has 0 heterocycles. The smallest absolute Gasteiger partial charge is 0.330 e. The maximum absolute atomic E-state index is 11.8. The zero-order valence-electron chi connectivity index (χ0n) is 9.63. The molecule has 9 heteroatoms. The summed E-state index contributed by atoms with van der Waals surface area (Å²) in [5.74, 6) is 0. The number of unbranched alkanes of at least 4 members (excludes halogenated alkanes) is 2. The summed E-state index contributed by atoms with van der Waals surface area (Å²) in [5, 5.41) is 0. The van der Waals surface area contributed by atoms with Crippen molar-refractivity contribution in [2.24, 2.45) is 5.73 Å². The van der Waals surface area contributed by atoms with Crippen molar-refractivity contribution in [3.63, 3.8) is 0 Å². The number of hydrogen-bond donors (Lipinski definition) is 2. The summed E-state index contributed by atoms with van der Waals surface area (Å²) in [6.07, 6.45) is -2.46. The Bertz CT molecular complexity index is 306. The Kier molecular flexibility index (Phi) is 6.98. The molecule has 17 heavy (non-hydrogen) atoms. The van der Waals surface area contributed by atoms with Gasteiger partial charge in [0.05, 0.1) is 0 Å². The quantitative estimate of drug-likeness (QED) is 0.632. The molecule has 0 unspecified atom stereocenters. The van der Waals surface area contributed by atoms with Crippen LogP contribution in [-0.2, 0) is 10.2 Å². The predicted molar refractivity (Wildman–Crippen MR) is 58.5 cm³/mol. The molecule has 0 bridgehead atoms. The molecule has 5 nitrogen and oxygen atoms in total. The Morgan fingerprint density at radius 2 is 1.82 bits per heavy atom. The Balaban J connectivity index is 4.04. The summed E-state index contributed by atoms with van der Waals surface area (Å²) < 4.78 is 60.5. The van der Waals surface area contributed by atoms with Gasteiger partial charge in [-0.2, -0.15) is 30.6 Å². The molecule has 0 aromatic carbocycles. The minimum atomic E-state index is -4.55. The molecule has 0 fully saturated rings. The summed E-state index contributed by atoms with van der Waals surface area (Å²) in [6, 6.07) is 0. The number of hydrogen-bond acceptors (Lipinski definition) is 3. The summed E-state index contributed by atoms with van der Waals surface area (Å²) >= 11 is 0. The molecular formula is C8H18F3N3O2S. The van der Waals surface area contributed by atoms with E-state index in [1.807, 2.05) is 0 Å². The van der Waals surface area contributed by atoms with Crippen LogP contribution in [0, 0.1) is 0 Å². The fourth-order valence-electron chi connectivity index (χ4n) is 1.06. The van der Waals surface area contributed by atoms with Gasteiger partial charge in [0, 0.05) is 13.6 Å². The number of nitrogens with zero attached hydrogens (tertiary/aromatic N) is 1. The van der Waals surface area contributed by atoms with E-state index in [9.17, 15) is 21.6 Å². The van der Waals surface area contributed by atoms with E-state index < -0.39 is 22.9 Å². The fourth-order valence-corrected chi connectivity index (χ4v) is 1.99. The summed E-state index contributed by atoms with van der Waals surface area (Å²) in [4.78, 5) is 0. The van der Waals surface area contributed by atoms with Gasteiger partial charge in [0.1, 0.15) is 6.54 Å². The highest BCUT2D eigenvalue weighted by Crippen LogP contribution is 2.13. The molecule has 0 radical (unpaired) electrons. The maximum Gasteiger partial charge on any atom is 0.402 e. The standard InChI is InChI=1S/C8H18F3N3O2S/c1-14(6-4-2-3-5-12)17(15,16)13-7-8(9,10)11/h13H,2-7,12H2,1H3. The van der Waals surface area contributed by atoms with E-state index in [1.165, 1.54) is 11.8 Å². The van der Waals surface area contributed by atoms with E-state index >= 15 is 0 Å². The first-order valence-corrected chi connectivity index (χ1v) is 6.61. The molecule has 0 aliphatic carbocycles. The predicted octanol–water partition coefficient (Wildman–Crippen LogP) is 0.444. The van der Waals surface area contributed by atoms with Crippen LogP contribution >= 0.6 is 0 Å². The van der Waals surface area contributed by atoms with Crippen molar-refractivity contribution in [3.8, 4) is 0 Å². The molecule has 0 saturated carbocycles. The van der Waals surface area contributed by atoms with Gasteiger partial charge in [-0.05, 0) is 19.4 Å². The Hall–Kier alpha value is -0.380. The molecule has 0 atom stereocenters. The van der Waals surface area contributed by atoms with Crippen molar-refractivity contribution >= 4 is 10.2 Å². The highest BCUT2D eigenvalue weighted by atomic mass is 32.2. The largest absolute Gasteiger partial charge is 0.402 e. The third-order valence-electron chi connectivity index (χ3n) is 2.04. The van der Waals surface area contributed by atoms with Gasteiger partial charge >= 0.3 is 6.18 Å². The second-order valence-corrected chi connectivity index (χ2v) is 5.47. The van der Waals surface area contributed by atoms with E-state index in [2.05, 4.69) is 0 Å². The van der Waals surface area contributed by atoms with Gasteiger partial charge in [-0.3, -0.25) is 0 Å². The summed E-state index contributed by atoms with van der Waals surface area (Å²) in [6.45, 7) is -0.863. The third-order valence-corrected chi connectivity index (χ3v) is 3.55. The second kappa shape index (κ2) is 7.14. The molecule has 0 aromatic heterocycles. The molecule has 0 saturated heterocycles. The lowest BCUT2D eigenvalue weighted by Gasteiger charge is -2.18. The van der Waals surface area contributed by atoms with Crippen LogP contribution in [0.5, 0.6) is 0 Å². The summed E-state index contributed by atoms with van der Waals surface area (Å²) in [5.41, 5.74) is 5.26. The molecule has 0 aromatic rings. The lowest BCUT2D eigenvalue weighted by molar-refractivity contribution is -0.121.